The minimum absolute atomic E-state index is 0.263. The van der Waals surface area contributed by atoms with Crippen LogP contribution < -0.4 is 10.1 Å². The number of nitrogens with zero attached hydrogens (tertiary/aromatic N) is 1. The lowest BCUT2D eigenvalue weighted by atomic mass is 10.1. The molecule has 158 valence electrons. The Balaban J connectivity index is 1.49. The maximum absolute atomic E-state index is 12.9. The normalized spacial score (nSPS) is 10.9. The number of fused-ring (bicyclic) bond motifs is 1. The smallest absolute Gasteiger partial charge is 0.258 e. The minimum atomic E-state index is -0.263. The standard InChI is InChI=1S/C26H20N2O3S/c1-30-20-13-11-18(12-14-20)24(29)28-25-21(15-17-7-3-2-4-8-17)27-26(31-25)23-16-19-9-5-6-10-22(19)32-23/h2-14,16H,15H2,1H3,(H,28,29). The molecule has 2 heterocycles. The van der Waals surface area contributed by atoms with Gasteiger partial charge in [0.1, 0.15) is 11.4 Å². The third-order valence-electron chi connectivity index (χ3n) is 5.13. The van der Waals surface area contributed by atoms with E-state index in [-0.39, 0.29) is 5.91 Å². The summed E-state index contributed by atoms with van der Waals surface area (Å²) >= 11 is 1.62. The summed E-state index contributed by atoms with van der Waals surface area (Å²) in [5.74, 6) is 1.29. The first-order valence-corrected chi connectivity index (χ1v) is 11.0. The van der Waals surface area contributed by atoms with E-state index in [1.807, 2.05) is 42.5 Å². The fraction of sp³-hybridized carbons (Fsp3) is 0.0769. The molecule has 0 unspecified atom stereocenters. The highest BCUT2D eigenvalue weighted by molar-refractivity contribution is 7.22. The fourth-order valence-corrected chi connectivity index (χ4v) is 4.46. The quantitative estimate of drug-likeness (QED) is 0.331. The number of rotatable bonds is 6. The molecule has 0 aliphatic carbocycles. The predicted octanol–water partition coefficient (Wildman–Crippen LogP) is 6.41. The van der Waals surface area contributed by atoms with Gasteiger partial charge in [-0.15, -0.1) is 11.3 Å². The maximum Gasteiger partial charge on any atom is 0.258 e. The van der Waals surface area contributed by atoms with Crippen molar-refractivity contribution in [3.05, 3.63) is 102 Å². The summed E-state index contributed by atoms with van der Waals surface area (Å²) in [6, 6.07) is 27.2. The number of anilines is 1. The van der Waals surface area contributed by atoms with Crippen molar-refractivity contribution in [3.8, 4) is 16.5 Å². The molecule has 0 fully saturated rings. The monoisotopic (exact) mass is 440 g/mol. The third-order valence-corrected chi connectivity index (χ3v) is 6.23. The predicted molar refractivity (Wildman–Crippen MR) is 128 cm³/mol. The molecule has 1 amide bonds. The van der Waals surface area contributed by atoms with E-state index < -0.39 is 0 Å². The van der Waals surface area contributed by atoms with E-state index in [0.717, 1.165) is 20.5 Å². The lowest BCUT2D eigenvalue weighted by Gasteiger charge is -2.05. The van der Waals surface area contributed by atoms with Crippen molar-refractivity contribution in [1.82, 2.24) is 4.98 Å². The van der Waals surface area contributed by atoms with E-state index in [1.54, 1.807) is 42.7 Å². The van der Waals surface area contributed by atoms with Gasteiger partial charge in [0.15, 0.2) is 0 Å². The van der Waals surface area contributed by atoms with Gasteiger partial charge in [0.25, 0.3) is 5.91 Å². The highest BCUT2D eigenvalue weighted by atomic mass is 32.1. The average molecular weight is 441 g/mol. The number of oxazole rings is 1. The first-order chi connectivity index (χ1) is 15.7. The molecule has 3 aromatic carbocycles. The Morgan fingerprint density at radius 3 is 2.50 bits per heavy atom. The molecule has 5 nitrogen and oxygen atoms in total. The van der Waals surface area contributed by atoms with E-state index >= 15 is 0 Å². The summed E-state index contributed by atoms with van der Waals surface area (Å²) in [6.45, 7) is 0. The number of thiophene rings is 1. The van der Waals surface area contributed by atoms with Crippen LogP contribution in [0.2, 0.25) is 0 Å². The molecule has 0 spiro atoms. The first kappa shape index (κ1) is 20.0. The second kappa shape index (κ2) is 8.69. The zero-order valence-corrected chi connectivity index (χ0v) is 18.2. The summed E-state index contributed by atoms with van der Waals surface area (Å²) in [6.07, 6.45) is 0.549. The largest absolute Gasteiger partial charge is 0.497 e. The number of nitrogens with one attached hydrogen (secondary N) is 1. The Bertz CT molecular complexity index is 1340. The van der Waals surface area contributed by atoms with Crippen molar-refractivity contribution in [2.24, 2.45) is 0 Å². The zero-order valence-electron chi connectivity index (χ0n) is 17.4. The molecule has 5 rings (SSSR count). The molecule has 1 N–H and O–H groups in total. The van der Waals surface area contributed by atoms with Crippen LogP contribution in [0.5, 0.6) is 5.75 Å². The van der Waals surface area contributed by atoms with Crippen LogP contribution in [0.15, 0.2) is 89.3 Å². The summed E-state index contributed by atoms with van der Waals surface area (Å²) < 4.78 is 12.4. The lowest BCUT2D eigenvalue weighted by Crippen LogP contribution is -2.12. The number of methoxy groups -OCH3 is 1. The van der Waals surface area contributed by atoms with Crippen molar-refractivity contribution in [1.29, 1.82) is 0 Å². The van der Waals surface area contributed by atoms with Gasteiger partial charge in [0.05, 0.1) is 12.0 Å². The van der Waals surface area contributed by atoms with Crippen LogP contribution in [0.4, 0.5) is 5.88 Å². The molecule has 32 heavy (non-hydrogen) atoms. The van der Waals surface area contributed by atoms with Gasteiger partial charge in [-0.3, -0.25) is 10.1 Å². The second-order valence-electron chi connectivity index (χ2n) is 7.29. The van der Waals surface area contributed by atoms with Crippen LogP contribution in [0, 0.1) is 0 Å². The van der Waals surface area contributed by atoms with Gasteiger partial charge < -0.3 is 9.15 Å². The van der Waals surface area contributed by atoms with Crippen LogP contribution in [-0.4, -0.2) is 18.0 Å². The molecule has 0 aliphatic heterocycles. The maximum atomic E-state index is 12.9. The number of carbonyl (C=O) groups excluding carboxylic acids is 1. The highest BCUT2D eigenvalue weighted by Crippen LogP contribution is 2.35. The molecule has 0 aliphatic rings. The number of carbonyl (C=O) groups is 1. The Labute approximate surface area is 189 Å². The van der Waals surface area contributed by atoms with Crippen LogP contribution in [0.1, 0.15) is 21.6 Å². The Hall–Kier alpha value is -3.90. The van der Waals surface area contributed by atoms with Crippen LogP contribution in [0.3, 0.4) is 0 Å². The summed E-state index contributed by atoms with van der Waals surface area (Å²) in [4.78, 5) is 18.5. The van der Waals surface area contributed by atoms with Crippen molar-refractivity contribution in [2.45, 2.75) is 6.42 Å². The highest BCUT2D eigenvalue weighted by Gasteiger charge is 2.19. The van der Waals surface area contributed by atoms with Gasteiger partial charge in [-0.2, -0.15) is 0 Å². The fourth-order valence-electron chi connectivity index (χ4n) is 3.47. The van der Waals surface area contributed by atoms with Crippen molar-refractivity contribution in [2.75, 3.05) is 12.4 Å². The zero-order chi connectivity index (χ0) is 21.9. The van der Waals surface area contributed by atoms with Gasteiger partial charge in [-0.1, -0.05) is 48.5 Å². The summed E-state index contributed by atoms with van der Waals surface area (Å²) in [5.41, 5.74) is 2.28. The van der Waals surface area contributed by atoms with Gasteiger partial charge in [0, 0.05) is 16.7 Å². The second-order valence-corrected chi connectivity index (χ2v) is 8.37. The molecule has 0 saturated heterocycles. The Kier molecular flexibility index (Phi) is 5.44. The molecule has 2 aromatic heterocycles. The molecular formula is C26H20N2O3S. The Morgan fingerprint density at radius 2 is 1.75 bits per heavy atom. The molecule has 0 atom stereocenters. The van der Waals surface area contributed by atoms with Gasteiger partial charge in [-0.25, -0.2) is 4.98 Å². The SMILES string of the molecule is COc1ccc(C(=O)Nc2oc(-c3cc4ccccc4s3)nc2Cc2ccccc2)cc1. The van der Waals surface area contributed by atoms with E-state index in [1.165, 1.54) is 0 Å². The van der Waals surface area contributed by atoms with Crippen molar-refractivity contribution < 1.29 is 13.9 Å². The number of hydrogen-bond acceptors (Lipinski definition) is 5. The number of ether oxygens (including phenoxy) is 1. The summed E-state index contributed by atoms with van der Waals surface area (Å²) in [5, 5.41) is 4.04. The van der Waals surface area contributed by atoms with Gasteiger partial charge in [0.2, 0.25) is 11.8 Å². The number of benzene rings is 3. The third kappa shape index (κ3) is 4.13. The molecule has 6 heteroatoms. The van der Waals surface area contributed by atoms with E-state index in [4.69, 9.17) is 14.1 Å². The van der Waals surface area contributed by atoms with E-state index in [2.05, 4.69) is 23.5 Å². The minimum Gasteiger partial charge on any atom is -0.497 e. The molecule has 0 radical (unpaired) electrons. The van der Waals surface area contributed by atoms with E-state index in [9.17, 15) is 4.79 Å². The summed E-state index contributed by atoms with van der Waals surface area (Å²) in [7, 11) is 1.59. The molecular weight excluding hydrogens is 420 g/mol. The first-order valence-electron chi connectivity index (χ1n) is 10.2. The topological polar surface area (TPSA) is 64.4 Å². The Morgan fingerprint density at radius 1 is 1.00 bits per heavy atom. The number of amides is 1. The van der Waals surface area contributed by atoms with Gasteiger partial charge >= 0.3 is 0 Å². The van der Waals surface area contributed by atoms with Crippen LogP contribution in [0.25, 0.3) is 20.9 Å². The molecule has 0 bridgehead atoms. The number of hydrogen-bond donors (Lipinski definition) is 1. The van der Waals surface area contributed by atoms with Crippen LogP contribution in [-0.2, 0) is 6.42 Å². The van der Waals surface area contributed by atoms with Crippen LogP contribution >= 0.6 is 11.3 Å². The van der Waals surface area contributed by atoms with Crippen molar-refractivity contribution >= 4 is 33.2 Å². The number of aromatic nitrogens is 1. The van der Waals surface area contributed by atoms with E-state index in [0.29, 0.717) is 35.2 Å². The lowest BCUT2D eigenvalue weighted by molar-refractivity contribution is 0.102. The molecule has 0 saturated carbocycles. The van der Waals surface area contributed by atoms with Crippen molar-refractivity contribution in [3.63, 3.8) is 0 Å². The molecule has 5 aromatic rings. The van der Waals surface area contributed by atoms with Gasteiger partial charge in [-0.05, 0) is 47.3 Å². The average Bonchev–Trinajstić information content (AvgIpc) is 3.44.